The van der Waals surface area contributed by atoms with Gasteiger partial charge in [0.2, 0.25) is 0 Å². The smallest absolute Gasteiger partial charge is 0.337 e. The Balaban J connectivity index is 2.07. The van der Waals surface area contributed by atoms with E-state index >= 15 is 0 Å². The van der Waals surface area contributed by atoms with Gasteiger partial charge in [-0.3, -0.25) is 4.79 Å². The van der Waals surface area contributed by atoms with Gasteiger partial charge in [0, 0.05) is 18.8 Å². The van der Waals surface area contributed by atoms with Crippen molar-refractivity contribution in [1.29, 1.82) is 0 Å². The zero-order chi connectivity index (χ0) is 16.8. The maximum atomic E-state index is 12.2. The number of anilines is 1. The molecule has 0 bridgehead atoms. The third kappa shape index (κ3) is 4.30. The van der Waals surface area contributed by atoms with Crippen LogP contribution in [0, 0.1) is 6.92 Å². The predicted molar refractivity (Wildman–Crippen MR) is 91.4 cm³/mol. The minimum Gasteiger partial charge on any atom is -0.465 e. The number of hydrogen-bond donors (Lipinski definition) is 0. The lowest BCUT2D eigenvalue weighted by molar-refractivity contribution is -0.113. The number of amides is 1. The van der Waals surface area contributed by atoms with E-state index in [0.29, 0.717) is 5.56 Å². The van der Waals surface area contributed by atoms with Crippen molar-refractivity contribution in [3.63, 3.8) is 0 Å². The number of esters is 1. The number of rotatable bonds is 4. The Bertz CT molecular complexity index is 733. The number of benzene rings is 2. The molecule has 0 aliphatic rings. The molecule has 0 atom stereocenters. The van der Waals surface area contributed by atoms with Gasteiger partial charge >= 0.3 is 5.97 Å². The number of methoxy groups -OCH3 is 1. The standard InChI is InChI=1S/C19H19NO3/c1-14-5-4-6-17(13-14)20(2)18(21)12-9-15-7-10-16(11-8-15)19(22)23-3/h4-13H,1-3H3. The summed E-state index contributed by atoms with van der Waals surface area (Å²) in [4.78, 5) is 25.2. The fourth-order valence-corrected chi connectivity index (χ4v) is 2.09. The second-order valence-electron chi connectivity index (χ2n) is 5.18. The third-order valence-corrected chi connectivity index (χ3v) is 3.47. The molecule has 118 valence electrons. The SMILES string of the molecule is COC(=O)c1ccc(C=CC(=O)N(C)c2cccc(C)c2)cc1. The second kappa shape index (κ2) is 7.40. The molecular weight excluding hydrogens is 290 g/mol. The quantitative estimate of drug-likeness (QED) is 0.642. The van der Waals surface area contributed by atoms with Crippen LogP contribution in [0.2, 0.25) is 0 Å². The molecule has 0 fully saturated rings. The molecule has 0 saturated carbocycles. The number of aryl methyl sites for hydroxylation is 1. The molecule has 2 rings (SSSR count). The number of carbonyl (C=O) groups excluding carboxylic acids is 2. The van der Waals surface area contributed by atoms with Crippen LogP contribution in [0.25, 0.3) is 6.08 Å². The van der Waals surface area contributed by atoms with Gasteiger partial charge in [-0.1, -0.05) is 24.3 Å². The van der Waals surface area contributed by atoms with Crippen LogP contribution in [0.5, 0.6) is 0 Å². The summed E-state index contributed by atoms with van der Waals surface area (Å²) in [6.07, 6.45) is 3.23. The van der Waals surface area contributed by atoms with Crippen LogP contribution >= 0.6 is 0 Å². The van der Waals surface area contributed by atoms with E-state index in [1.165, 1.54) is 13.2 Å². The molecule has 0 spiro atoms. The molecule has 4 heteroatoms. The van der Waals surface area contributed by atoms with Crippen molar-refractivity contribution >= 4 is 23.6 Å². The van der Waals surface area contributed by atoms with E-state index in [1.54, 1.807) is 42.3 Å². The first-order valence-corrected chi connectivity index (χ1v) is 7.22. The van der Waals surface area contributed by atoms with Crippen LogP contribution in [-0.2, 0) is 9.53 Å². The fraction of sp³-hybridized carbons (Fsp3) is 0.158. The Kier molecular flexibility index (Phi) is 5.31. The van der Waals surface area contributed by atoms with Crippen LogP contribution in [0.15, 0.2) is 54.6 Å². The maximum Gasteiger partial charge on any atom is 0.337 e. The fourth-order valence-electron chi connectivity index (χ4n) is 2.09. The normalized spacial score (nSPS) is 10.6. The van der Waals surface area contributed by atoms with Crippen molar-refractivity contribution in [2.45, 2.75) is 6.92 Å². The monoisotopic (exact) mass is 309 g/mol. The first kappa shape index (κ1) is 16.5. The highest BCUT2D eigenvalue weighted by Gasteiger charge is 2.08. The van der Waals surface area contributed by atoms with Crippen molar-refractivity contribution < 1.29 is 14.3 Å². The average Bonchev–Trinajstić information content (AvgIpc) is 2.58. The van der Waals surface area contributed by atoms with Crippen LogP contribution in [0.4, 0.5) is 5.69 Å². The number of hydrogen-bond acceptors (Lipinski definition) is 3. The molecule has 2 aromatic rings. The molecule has 0 radical (unpaired) electrons. The lowest BCUT2D eigenvalue weighted by Gasteiger charge is -2.15. The zero-order valence-corrected chi connectivity index (χ0v) is 13.4. The number of nitrogens with zero attached hydrogens (tertiary/aromatic N) is 1. The Morgan fingerprint density at radius 3 is 2.39 bits per heavy atom. The zero-order valence-electron chi connectivity index (χ0n) is 13.4. The highest BCUT2D eigenvalue weighted by Crippen LogP contribution is 2.15. The van der Waals surface area contributed by atoms with Gasteiger partial charge in [-0.05, 0) is 48.4 Å². The molecule has 0 aliphatic heterocycles. The topological polar surface area (TPSA) is 46.6 Å². The van der Waals surface area contributed by atoms with Crippen molar-refractivity contribution in [2.75, 3.05) is 19.1 Å². The van der Waals surface area contributed by atoms with E-state index in [1.807, 2.05) is 31.2 Å². The van der Waals surface area contributed by atoms with Crippen LogP contribution in [0.1, 0.15) is 21.5 Å². The Labute approximate surface area is 136 Å². The minimum absolute atomic E-state index is 0.118. The van der Waals surface area contributed by atoms with E-state index in [2.05, 4.69) is 4.74 Å². The molecule has 23 heavy (non-hydrogen) atoms. The summed E-state index contributed by atoms with van der Waals surface area (Å²) >= 11 is 0. The van der Waals surface area contributed by atoms with E-state index in [9.17, 15) is 9.59 Å². The van der Waals surface area contributed by atoms with Crippen molar-refractivity contribution in [3.8, 4) is 0 Å². The third-order valence-electron chi connectivity index (χ3n) is 3.47. The molecule has 0 aliphatic carbocycles. The summed E-state index contributed by atoms with van der Waals surface area (Å²) in [5.41, 5.74) is 3.27. The van der Waals surface area contributed by atoms with E-state index in [0.717, 1.165) is 16.8 Å². The molecule has 0 aromatic heterocycles. The lowest BCUT2D eigenvalue weighted by Crippen LogP contribution is -2.23. The van der Waals surface area contributed by atoms with E-state index in [-0.39, 0.29) is 11.9 Å². The van der Waals surface area contributed by atoms with Gasteiger partial charge in [0.25, 0.3) is 5.91 Å². The van der Waals surface area contributed by atoms with Gasteiger partial charge in [0.1, 0.15) is 0 Å². The first-order valence-electron chi connectivity index (χ1n) is 7.22. The molecular formula is C19H19NO3. The average molecular weight is 309 g/mol. The minimum atomic E-state index is -0.379. The lowest BCUT2D eigenvalue weighted by atomic mass is 10.1. The van der Waals surface area contributed by atoms with Crippen molar-refractivity contribution in [1.82, 2.24) is 0 Å². The molecule has 1 amide bonds. The number of ether oxygens (including phenoxy) is 1. The van der Waals surface area contributed by atoms with Gasteiger partial charge in [-0.15, -0.1) is 0 Å². The van der Waals surface area contributed by atoms with Gasteiger partial charge in [0.15, 0.2) is 0 Å². The van der Waals surface area contributed by atoms with Gasteiger partial charge in [-0.2, -0.15) is 0 Å². The second-order valence-corrected chi connectivity index (χ2v) is 5.18. The van der Waals surface area contributed by atoms with Gasteiger partial charge < -0.3 is 9.64 Å². The summed E-state index contributed by atoms with van der Waals surface area (Å²) in [6, 6.07) is 14.6. The van der Waals surface area contributed by atoms with Gasteiger partial charge in [0.05, 0.1) is 12.7 Å². The number of likely N-dealkylation sites (N-methyl/N-ethyl adjacent to an activating group) is 1. The highest BCUT2D eigenvalue weighted by molar-refractivity contribution is 6.03. The van der Waals surface area contributed by atoms with Gasteiger partial charge in [-0.25, -0.2) is 4.79 Å². The molecule has 0 heterocycles. The summed E-state index contributed by atoms with van der Waals surface area (Å²) in [5.74, 6) is -0.497. The predicted octanol–water partition coefficient (Wildman–Crippen LogP) is 3.46. The summed E-state index contributed by atoms with van der Waals surface area (Å²) in [7, 11) is 3.08. The summed E-state index contributed by atoms with van der Waals surface area (Å²) in [6.45, 7) is 1.99. The number of carbonyl (C=O) groups is 2. The van der Waals surface area contributed by atoms with Crippen LogP contribution in [-0.4, -0.2) is 26.0 Å². The van der Waals surface area contributed by atoms with Crippen LogP contribution < -0.4 is 4.90 Å². The molecule has 2 aromatic carbocycles. The molecule has 0 N–H and O–H groups in total. The molecule has 4 nitrogen and oxygen atoms in total. The summed E-state index contributed by atoms with van der Waals surface area (Å²) in [5, 5.41) is 0. The van der Waals surface area contributed by atoms with Crippen LogP contribution in [0.3, 0.4) is 0 Å². The first-order chi connectivity index (χ1) is 11.0. The van der Waals surface area contributed by atoms with Crippen molar-refractivity contribution in [3.05, 3.63) is 71.3 Å². The largest absolute Gasteiger partial charge is 0.465 e. The van der Waals surface area contributed by atoms with E-state index in [4.69, 9.17) is 0 Å². The Hall–Kier alpha value is -2.88. The Morgan fingerprint density at radius 1 is 1.09 bits per heavy atom. The van der Waals surface area contributed by atoms with E-state index < -0.39 is 0 Å². The summed E-state index contributed by atoms with van der Waals surface area (Å²) < 4.78 is 4.65. The Morgan fingerprint density at radius 2 is 1.78 bits per heavy atom. The molecule has 0 unspecified atom stereocenters. The maximum absolute atomic E-state index is 12.2. The highest BCUT2D eigenvalue weighted by atomic mass is 16.5. The van der Waals surface area contributed by atoms with Crippen molar-refractivity contribution in [2.24, 2.45) is 0 Å². The molecule has 0 saturated heterocycles.